The lowest BCUT2D eigenvalue weighted by Gasteiger charge is -1.59. The summed E-state index contributed by atoms with van der Waals surface area (Å²) in [7, 11) is 2.84. The van der Waals surface area contributed by atoms with Crippen LogP contribution in [0.4, 0.5) is 4.79 Å². The van der Waals surface area contributed by atoms with E-state index in [4.69, 9.17) is 14.8 Å². The smallest absolute Gasteiger partial charge is 0.490 e. The molecule has 0 amide bonds. The number of rotatable bonds is 1. The molecule has 0 heterocycles. The van der Waals surface area contributed by atoms with Gasteiger partial charge >= 0.3 is 8.25 Å². The van der Waals surface area contributed by atoms with Crippen molar-refractivity contribution in [2.24, 2.45) is 0 Å². The minimum atomic E-state index is -2.35. The van der Waals surface area contributed by atoms with Crippen LogP contribution in [0.1, 0.15) is 0 Å². The number of hydrogen-bond acceptors (Lipinski definition) is 3. The molecule has 0 rings (SSSR count). The van der Waals surface area contributed by atoms with Crippen molar-refractivity contribution in [2.75, 3.05) is 7.11 Å². The average molecular weight is 151 g/mol. The molecule has 9 heavy (non-hydrogen) atoms. The van der Waals surface area contributed by atoms with Gasteiger partial charge in [-0.15, -0.1) is 9.42 Å². The van der Waals surface area contributed by atoms with Gasteiger partial charge in [0, 0.05) is 4.57 Å². The fraction of sp³-hybridized carbons (Fsp3) is 0.500. The Kier molecular flexibility index (Phi) is 9.54. The first-order valence-electron chi connectivity index (χ1n) is 1.69. The maximum absolute atomic E-state index is 9.29. The van der Waals surface area contributed by atoms with Crippen LogP contribution in [0.5, 0.6) is 0 Å². The van der Waals surface area contributed by atoms with Gasteiger partial charge in [-0.2, -0.15) is 0 Å². The molecule has 0 fully saturated rings. The monoisotopic (exact) mass is 151 g/mol. The molecular formula is C2H5BO5P+. The number of carboxylic acid groups (broad SMARTS) is 1. The molecule has 1 atom stereocenters. The second-order valence-corrected chi connectivity index (χ2v) is 1.60. The Bertz CT molecular complexity index is 99.1. The molecule has 0 aliphatic carbocycles. The summed E-state index contributed by atoms with van der Waals surface area (Å²) in [6, 6.07) is 0. The molecule has 0 aromatic carbocycles. The highest BCUT2D eigenvalue weighted by Gasteiger charge is 2.02. The molecule has 0 aliphatic rings. The molecule has 0 saturated heterocycles. The molecule has 0 spiro atoms. The number of carbonyl (C=O) groups is 1. The highest BCUT2D eigenvalue weighted by molar-refractivity contribution is 7.32. The molecule has 0 saturated carbocycles. The van der Waals surface area contributed by atoms with E-state index < -0.39 is 14.1 Å². The second kappa shape index (κ2) is 7.55. The Hall–Kier alpha value is -0.445. The lowest BCUT2D eigenvalue weighted by atomic mass is 10.2. The molecule has 2 radical (unpaired) electrons. The third kappa shape index (κ3) is 96.4. The second-order valence-electron chi connectivity index (χ2n) is 0.759. The predicted octanol–water partition coefficient (Wildman–Crippen LogP) is 0.115. The lowest BCUT2D eigenvalue weighted by Crippen LogP contribution is -1.83. The molecule has 0 aromatic rings. The van der Waals surface area contributed by atoms with E-state index in [2.05, 4.69) is 12.4 Å². The number of hydrogen-bond donors (Lipinski definition) is 2. The van der Waals surface area contributed by atoms with Gasteiger partial charge in [0.25, 0.3) is 0 Å². The third-order valence-corrected chi connectivity index (χ3v) is 0.469. The van der Waals surface area contributed by atoms with Gasteiger partial charge in [-0.1, -0.05) is 0 Å². The van der Waals surface area contributed by atoms with Gasteiger partial charge < -0.3 is 5.11 Å². The Morgan fingerprint density at radius 2 is 1.89 bits per heavy atom. The van der Waals surface area contributed by atoms with E-state index in [1.54, 1.807) is 0 Å². The molecular weight excluding hydrogens is 146 g/mol. The van der Waals surface area contributed by atoms with Crippen molar-refractivity contribution in [2.45, 2.75) is 0 Å². The first kappa shape index (κ1) is 11.4. The zero-order chi connectivity index (χ0) is 7.86. The van der Waals surface area contributed by atoms with Crippen LogP contribution in [-0.2, 0) is 9.09 Å². The van der Waals surface area contributed by atoms with Crippen molar-refractivity contribution in [3.05, 3.63) is 0 Å². The lowest BCUT2D eigenvalue weighted by molar-refractivity contribution is 0.220. The van der Waals surface area contributed by atoms with E-state index in [0.29, 0.717) is 0 Å². The van der Waals surface area contributed by atoms with E-state index in [1.165, 1.54) is 7.11 Å². The first-order valence-corrected chi connectivity index (χ1v) is 2.82. The zero-order valence-electron chi connectivity index (χ0n) is 4.64. The summed E-state index contributed by atoms with van der Waals surface area (Å²) in [5.41, 5.74) is 0. The molecule has 5 nitrogen and oxygen atoms in total. The van der Waals surface area contributed by atoms with E-state index >= 15 is 0 Å². The first-order chi connectivity index (χ1) is 4.00. The van der Waals surface area contributed by atoms with Crippen LogP contribution in [-0.4, -0.2) is 30.8 Å². The molecule has 2 N–H and O–H groups in total. The topological polar surface area (TPSA) is 83.8 Å². The largest absolute Gasteiger partial charge is 0.694 e. The fourth-order valence-electron chi connectivity index (χ4n) is 0. The summed E-state index contributed by atoms with van der Waals surface area (Å²) in [6.07, 6.45) is 0. The zero-order valence-corrected chi connectivity index (χ0v) is 5.54. The Morgan fingerprint density at radius 3 is 1.89 bits per heavy atom. The molecule has 50 valence electrons. The highest BCUT2D eigenvalue weighted by Crippen LogP contribution is 2.09. The molecule has 0 aliphatic heterocycles. The van der Waals surface area contributed by atoms with E-state index in [9.17, 15) is 4.57 Å². The van der Waals surface area contributed by atoms with E-state index in [-0.39, 0.29) is 0 Å². The molecule has 7 heteroatoms. The minimum absolute atomic E-state index is 1.17. The Labute approximate surface area is 54.0 Å². The van der Waals surface area contributed by atoms with Crippen LogP contribution >= 0.6 is 8.25 Å². The van der Waals surface area contributed by atoms with Crippen molar-refractivity contribution < 1.29 is 23.9 Å². The Balaban J connectivity index is 0. The standard InChI is InChI=1S/CHBO2.CH3O3P/c2-1(3)4;1-4-5(2)3/h(H,3,4);1H3/p+1. The van der Waals surface area contributed by atoms with Crippen LogP contribution < -0.4 is 0 Å². The summed E-state index contributed by atoms with van der Waals surface area (Å²) in [5, 5.41) is 7.19. The third-order valence-electron chi connectivity index (χ3n) is 0.156. The fourth-order valence-corrected chi connectivity index (χ4v) is 0. The molecule has 1 unspecified atom stereocenters. The predicted molar refractivity (Wildman–Crippen MR) is 30.6 cm³/mol. The van der Waals surface area contributed by atoms with E-state index in [1.807, 2.05) is 0 Å². The quantitative estimate of drug-likeness (QED) is 0.410. The van der Waals surface area contributed by atoms with Crippen molar-refractivity contribution in [1.82, 2.24) is 0 Å². The van der Waals surface area contributed by atoms with E-state index in [0.717, 1.165) is 0 Å². The van der Waals surface area contributed by atoms with Gasteiger partial charge in [0.15, 0.2) is 0 Å². The van der Waals surface area contributed by atoms with Gasteiger partial charge in [-0.3, -0.25) is 4.79 Å². The highest BCUT2D eigenvalue weighted by atomic mass is 31.1. The maximum Gasteiger partial charge on any atom is 0.694 e. The van der Waals surface area contributed by atoms with Crippen molar-refractivity contribution in [3.8, 4) is 0 Å². The Morgan fingerprint density at radius 1 is 1.78 bits per heavy atom. The SMILES string of the molecule is CO[P+](=O)O.[B]C(=O)O. The van der Waals surface area contributed by atoms with Crippen LogP contribution in [0.25, 0.3) is 0 Å². The van der Waals surface area contributed by atoms with Crippen molar-refractivity contribution in [3.63, 3.8) is 0 Å². The maximum atomic E-state index is 9.29. The van der Waals surface area contributed by atoms with Crippen molar-refractivity contribution >= 4 is 22.0 Å². The summed E-state index contributed by atoms with van der Waals surface area (Å²) in [4.78, 5) is 16.4. The molecule has 0 bridgehead atoms. The van der Waals surface area contributed by atoms with Crippen LogP contribution in [0.2, 0.25) is 0 Å². The van der Waals surface area contributed by atoms with Gasteiger partial charge in [0.2, 0.25) is 13.7 Å². The summed E-state index contributed by atoms with van der Waals surface area (Å²) >= 11 is 0. The average Bonchev–Trinajstić information content (AvgIpc) is 1.65. The minimum Gasteiger partial charge on any atom is -0.490 e. The normalized spacial score (nSPS) is 8.89. The van der Waals surface area contributed by atoms with Gasteiger partial charge in [-0.25, -0.2) is 0 Å². The summed E-state index contributed by atoms with van der Waals surface area (Å²) < 4.78 is 13.1. The summed E-state index contributed by atoms with van der Waals surface area (Å²) in [6.45, 7) is 0. The van der Waals surface area contributed by atoms with Gasteiger partial charge in [-0.05, 0) is 0 Å². The van der Waals surface area contributed by atoms with Gasteiger partial charge in [0.05, 0.1) is 7.11 Å². The van der Waals surface area contributed by atoms with Crippen molar-refractivity contribution in [1.29, 1.82) is 0 Å². The van der Waals surface area contributed by atoms with Crippen LogP contribution in [0.3, 0.4) is 0 Å². The molecule has 0 aromatic heterocycles. The van der Waals surface area contributed by atoms with Gasteiger partial charge in [0.1, 0.15) is 0 Å². The summed E-state index contributed by atoms with van der Waals surface area (Å²) in [5.74, 6) is -1.33. The van der Waals surface area contributed by atoms with Crippen LogP contribution in [0.15, 0.2) is 0 Å². The van der Waals surface area contributed by atoms with Crippen LogP contribution in [0, 0.1) is 0 Å².